The molecule has 5 heteroatoms. The van der Waals surface area contributed by atoms with Crippen molar-refractivity contribution in [1.82, 2.24) is 9.88 Å². The summed E-state index contributed by atoms with van der Waals surface area (Å²) in [6.07, 6.45) is 5.52. The fourth-order valence-corrected chi connectivity index (χ4v) is 4.20. The number of fused-ring (bicyclic) bond motifs is 2. The number of amides is 1. The predicted molar refractivity (Wildman–Crippen MR) is 99.6 cm³/mol. The first kappa shape index (κ1) is 16.2. The second kappa shape index (κ2) is 6.92. The first-order valence-corrected chi connectivity index (χ1v) is 9.31. The zero-order chi connectivity index (χ0) is 17.2. The summed E-state index contributed by atoms with van der Waals surface area (Å²) in [6.45, 7) is 2.77. The molecule has 132 valence electrons. The van der Waals surface area contributed by atoms with Gasteiger partial charge in [0, 0.05) is 42.8 Å². The summed E-state index contributed by atoms with van der Waals surface area (Å²) >= 11 is 0. The van der Waals surface area contributed by atoms with Crippen molar-refractivity contribution in [2.45, 2.75) is 51.2 Å². The van der Waals surface area contributed by atoms with E-state index < -0.39 is 0 Å². The molecule has 4 rings (SSSR count). The Kier molecular flexibility index (Phi) is 4.49. The second-order valence-corrected chi connectivity index (χ2v) is 7.06. The highest BCUT2D eigenvalue weighted by atomic mass is 16.1. The number of aromatic nitrogens is 1. The van der Waals surface area contributed by atoms with Crippen molar-refractivity contribution in [2.24, 2.45) is 5.73 Å². The first-order chi connectivity index (χ1) is 12.2. The zero-order valence-electron chi connectivity index (χ0n) is 14.6. The van der Waals surface area contributed by atoms with E-state index in [1.54, 1.807) is 0 Å². The van der Waals surface area contributed by atoms with Crippen LogP contribution in [-0.4, -0.2) is 17.0 Å². The summed E-state index contributed by atoms with van der Waals surface area (Å²) in [5, 5.41) is 7.24. The molecule has 0 spiro atoms. The number of rotatable bonds is 4. The normalized spacial score (nSPS) is 19.4. The average molecular weight is 338 g/mol. The number of hydrogen-bond donors (Lipinski definition) is 3. The molecule has 2 aliphatic rings. The van der Waals surface area contributed by atoms with Crippen LogP contribution in [0.15, 0.2) is 30.3 Å². The summed E-state index contributed by atoms with van der Waals surface area (Å²) in [7, 11) is 0. The maximum atomic E-state index is 11.8. The van der Waals surface area contributed by atoms with Crippen LogP contribution in [0.1, 0.15) is 59.0 Å². The van der Waals surface area contributed by atoms with E-state index in [9.17, 15) is 4.79 Å². The van der Waals surface area contributed by atoms with Gasteiger partial charge in [-0.05, 0) is 49.8 Å². The molecule has 2 aromatic rings. The number of nitrogens with one attached hydrogen (secondary N) is 2. The molecular formula is C20H26N4O. The maximum Gasteiger partial charge on any atom is 0.250 e. The SMILES string of the molecule is NC(=O)c1cc(CNC2CCCNc3ccccc32)n2c1CCCC2. The van der Waals surface area contributed by atoms with Crippen LogP contribution in [0, 0.1) is 0 Å². The highest BCUT2D eigenvalue weighted by Gasteiger charge is 2.22. The van der Waals surface area contributed by atoms with Crippen molar-refractivity contribution in [3.8, 4) is 0 Å². The third-order valence-corrected chi connectivity index (χ3v) is 5.46. The van der Waals surface area contributed by atoms with Gasteiger partial charge in [0.05, 0.1) is 5.56 Å². The van der Waals surface area contributed by atoms with Crippen molar-refractivity contribution < 1.29 is 4.79 Å². The van der Waals surface area contributed by atoms with Crippen molar-refractivity contribution in [3.05, 3.63) is 52.8 Å². The molecule has 0 radical (unpaired) electrons. The molecule has 5 nitrogen and oxygen atoms in total. The van der Waals surface area contributed by atoms with Gasteiger partial charge in [0.2, 0.25) is 0 Å². The monoisotopic (exact) mass is 338 g/mol. The lowest BCUT2D eigenvalue weighted by Gasteiger charge is -2.22. The number of anilines is 1. The number of carbonyl (C=O) groups excluding carboxylic acids is 1. The topological polar surface area (TPSA) is 72.1 Å². The number of benzene rings is 1. The standard InChI is InChI=1S/C20H26N4O/c21-20(25)16-12-14(24-11-4-3-9-19(16)24)13-23-18-8-5-10-22-17-7-2-1-6-15(17)18/h1-2,6-7,12,18,22-23H,3-5,8-11,13H2,(H2,21,25). The van der Waals surface area contributed by atoms with Crippen LogP contribution >= 0.6 is 0 Å². The quantitative estimate of drug-likeness (QED) is 0.802. The summed E-state index contributed by atoms with van der Waals surface area (Å²) in [4.78, 5) is 11.8. The molecule has 1 atom stereocenters. The molecule has 25 heavy (non-hydrogen) atoms. The van der Waals surface area contributed by atoms with Crippen LogP contribution in [0.4, 0.5) is 5.69 Å². The van der Waals surface area contributed by atoms with E-state index in [2.05, 4.69) is 39.5 Å². The average Bonchev–Trinajstić information content (AvgIpc) is 2.88. The fraction of sp³-hybridized carbons (Fsp3) is 0.450. The Balaban J connectivity index is 1.57. The minimum absolute atomic E-state index is 0.305. The van der Waals surface area contributed by atoms with Gasteiger partial charge >= 0.3 is 0 Å². The molecular weight excluding hydrogens is 312 g/mol. The predicted octanol–water partition coefficient (Wildman–Crippen LogP) is 2.96. The van der Waals surface area contributed by atoms with Crippen molar-refractivity contribution in [2.75, 3.05) is 11.9 Å². The molecule has 4 N–H and O–H groups in total. The smallest absolute Gasteiger partial charge is 0.250 e. The van der Waals surface area contributed by atoms with Crippen LogP contribution in [0.2, 0.25) is 0 Å². The van der Waals surface area contributed by atoms with Crippen LogP contribution in [0.5, 0.6) is 0 Å². The molecule has 1 aromatic carbocycles. The van der Waals surface area contributed by atoms with E-state index in [4.69, 9.17) is 5.73 Å². The maximum absolute atomic E-state index is 11.8. The Hall–Kier alpha value is -2.27. The van der Waals surface area contributed by atoms with Crippen LogP contribution in [-0.2, 0) is 19.5 Å². The number of nitrogens with zero attached hydrogens (tertiary/aromatic N) is 1. The molecule has 0 aliphatic carbocycles. The lowest BCUT2D eigenvalue weighted by atomic mass is 10.0. The highest BCUT2D eigenvalue weighted by molar-refractivity contribution is 5.94. The lowest BCUT2D eigenvalue weighted by Crippen LogP contribution is -2.23. The van der Waals surface area contributed by atoms with Gasteiger partial charge in [-0.25, -0.2) is 0 Å². The number of para-hydroxylation sites is 1. The largest absolute Gasteiger partial charge is 0.385 e. The van der Waals surface area contributed by atoms with Gasteiger partial charge in [0.1, 0.15) is 0 Å². The van der Waals surface area contributed by atoms with Gasteiger partial charge in [-0.1, -0.05) is 18.2 Å². The minimum atomic E-state index is -0.305. The van der Waals surface area contributed by atoms with Crippen LogP contribution in [0.25, 0.3) is 0 Å². The molecule has 0 fully saturated rings. The Labute approximate surface area is 148 Å². The summed E-state index contributed by atoms with van der Waals surface area (Å²) in [5.41, 5.74) is 11.2. The molecule has 3 heterocycles. The Morgan fingerprint density at radius 3 is 3.04 bits per heavy atom. The third-order valence-electron chi connectivity index (χ3n) is 5.46. The van der Waals surface area contributed by atoms with Gasteiger partial charge in [-0.15, -0.1) is 0 Å². The summed E-state index contributed by atoms with van der Waals surface area (Å²) < 4.78 is 2.30. The van der Waals surface area contributed by atoms with Gasteiger partial charge in [-0.2, -0.15) is 0 Å². The van der Waals surface area contributed by atoms with E-state index in [0.717, 1.165) is 51.0 Å². The van der Waals surface area contributed by atoms with Crippen molar-refractivity contribution >= 4 is 11.6 Å². The van der Waals surface area contributed by atoms with E-state index in [-0.39, 0.29) is 5.91 Å². The fourth-order valence-electron chi connectivity index (χ4n) is 4.20. The van der Waals surface area contributed by atoms with Gasteiger partial charge in [0.25, 0.3) is 5.91 Å². The molecule has 1 amide bonds. The Morgan fingerprint density at radius 1 is 1.28 bits per heavy atom. The first-order valence-electron chi connectivity index (χ1n) is 9.31. The van der Waals surface area contributed by atoms with Crippen molar-refractivity contribution in [3.63, 3.8) is 0 Å². The molecule has 0 bridgehead atoms. The Morgan fingerprint density at radius 2 is 2.16 bits per heavy atom. The van der Waals surface area contributed by atoms with E-state index in [0.29, 0.717) is 11.6 Å². The van der Waals surface area contributed by atoms with Crippen LogP contribution in [0.3, 0.4) is 0 Å². The van der Waals surface area contributed by atoms with Gasteiger partial charge in [0.15, 0.2) is 0 Å². The zero-order valence-corrected chi connectivity index (χ0v) is 14.6. The Bertz CT molecular complexity index is 780. The summed E-state index contributed by atoms with van der Waals surface area (Å²) in [6, 6.07) is 10.9. The highest BCUT2D eigenvalue weighted by Crippen LogP contribution is 2.30. The number of hydrogen-bond acceptors (Lipinski definition) is 3. The molecule has 1 unspecified atom stereocenters. The second-order valence-electron chi connectivity index (χ2n) is 7.06. The molecule has 2 aliphatic heterocycles. The van der Waals surface area contributed by atoms with Gasteiger partial charge < -0.3 is 20.9 Å². The number of nitrogens with two attached hydrogens (primary N) is 1. The third kappa shape index (κ3) is 3.16. The van der Waals surface area contributed by atoms with E-state index >= 15 is 0 Å². The number of primary amides is 1. The molecule has 0 saturated heterocycles. The van der Waals surface area contributed by atoms with Crippen molar-refractivity contribution in [1.29, 1.82) is 0 Å². The number of carbonyl (C=O) groups is 1. The molecule has 1 aromatic heterocycles. The van der Waals surface area contributed by atoms with Crippen LogP contribution < -0.4 is 16.4 Å². The van der Waals surface area contributed by atoms with E-state index in [1.807, 2.05) is 6.07 Å². The lowest BCUT2D eigenvalue weighted by molar-refractivity contribution is 0.0999. The minimum Gasteiger partial charge on any atom is -0.385 e. The molecule has 0 saturated carbocycles. The van der Waals surface area contributed by atoms with E-state index in [1.165, 1.54) is 23.4 Å². The van der Waals surface area contributed by atoms with Gasteiger partial charge in [-0.3, -0.25) is 4.79 Å². The summed E-state index contributed by atoms with van der Waals surface area (Å²) in [5.74, 6) is -0.305.